The summed E-state index contributed by atoms with van der Waals surface area (Å²) in [7, 11) is 0. The van der Waals surface area contributed by atoms with Gasteiger partial charge in [0.2, 0.25) is 0 Å². The van der Waals surface area contributed by atoms with Gasteiger partial charge in [-0.05, 0) is 49.4 Å². The van der Waals surface area contributed by atoms with Gasteiger partial charge in [-0.2, -0.15) is 0 Å². The third kappa shape index (κ3) is 3.01. The van der Waals surface area contributed by atoms with Crippen LogP contribution in [0.3, 0.4) is 0 Å². The first kappa shape index (κ1) is 25.3. The first-order valence-electron chi connectivity index (χ1n) is 13.4. The molecule has 1 aromatic carbocycles. The molecule has 0 bridgehead atoms. The quantitative estimate of drug-likeness (QED) is 0.442. The predicted octanol–water partition coefficient (Wildman–Crippen LogP) is 1.41. The smallest absolute Gasteiger partial charge is 0.338 e. The minimum atomic E-state index is -1.75. The molecule has 6 rings (SSSR count). The summed E-state index contributed by atoms with van der Waals surface area (Å²) in [6, 6.07) is 8.27. The van der Waals surface area contributed by atoms with Crippen molar-refractivity contribution < 1.29 is 38.5 Å². The molecule has 1 amide bonds. The van der Waals surface area contributed by atoms with E-state index in [2.05, 4.69) is 5.32 Å². The number of aliphatic hydroxyl groups is 1. The third-order valence-corrected chi connectivity index (χ3v) is 9.72. The maximum atomic E-state index is 14.3. The van der Waals surface area contributed by atoms with Crippen LogP contribution in [0.2, 0.25) is 0 Å². The first-order chi connectivity index (χ1) is 18.0. The van der Waals surface area contributed by atoms with Crippen LogP contribution < -0.4 is 5.32 Å². The first-order valence-corrected chi connectivity index (χ1v) is 13.4. The predicted molar refractivity (Wildman–Crippen MR) is 131 cm³/mol. The van der Waals surface area contributed by atoms with Crippen molar-refractivity contribution in [3.63, 3.8) is 0 Å². The summed E-state index contributed by atoms with van der Waals surface area (Å²) in [6.45, 7) is 7.33. The topological polar surface area (TPSA) is 131 Å². The Morgan fingerprint density at radius 2 is 1.82 bits per heavy atom. The number of carbonyl (C=O) groups is 4. The summed E-state index contributed by atoms with van der Waals surface area (Å²) in [4.78, 5) is 55.7. The van der Waals surface area contributed by atoms with Crippen LogP contribution >= 0.6 is 0 Å². The molecule has 4 heterocycles. The van der Waals surface area contributed by atoms with Crippen molar-refractivity contribution >= 4 is 23.8 Å². The molecule has 6 atom stereocenters. The van der Waals surface area contributed by atoms with Gasteiger partial charge in [-0.15, -0.1) is 0 Å². The van der Waals surface area contributed by atoms with Gasteiger partial charge in [-0.25, -0.2) is 4.79 Å². The number of amides is 1. The number of esters is 3. The van der Waals surface area contributed by atoms with E-state index in [1.807, 2.05) is 20.8 Å². The fourth-order valence-electron chi connectivity index (χ4n) is 7.87. The molecule has 2 N–H and O–H groups in total. The van der Waals surface area contributed by atoms with Gasteiger partial charge in [0.05, 0.1) is 17.6 Å². The largest absolute Gasteiger partial charge is 0.461 e. The highest BCUT2D eigenvalue weighted by molar-refractivity contribution is 5.99. The second-order valence-electron chi connectivity index (χ2n) is 12.4. The molecule has 204 valence electrons. The number of carbonyl (C=O) groups excluding carboxylic acids is 4. The highest BCUT2D eigenvalue weighted by Crippen LogP contribution is 2.76. The summed E-state index contributed by atoms with van der Waals surface area (Å²) in [5.41, 5.74) is -5.80. The number of benzene rings is 1. The van der Waals surface area contributed by atoms with E-state index < -0.39 is 64.1 Å². The Morgan fingerprint density at radius 1 is 1.13 bits per heavy atom. The van der Waals surface area contributed by atoms with Crippen molar-refractivity contribution in [3.8, 4) is 0 Å². The fraction of sp³-hybridized carbons (Fsp3) is 0.643. The minimum Gasteiger partial charge on any atom is -0.461 e. The minimum absolute atomic E-state index is 0.0678. The van der Waals surface area contributed by atoms with E-state index in [1.165, 1.54) is 4.90 Å². The zero-order chi connectivity index (χ0) is 27.1. The molecule has 5 fully saturated rings. The Bertz CT molecular complexity index is 1190. The number of hydrogen-bond donors (Lipinski definition) is 2. The number of hydrogen-bond acceptors (Lipinski definition) is 9. The van der Waals surface area contributed by atoms with E-state index in [0.29, 0.717) is 0 Å². The van der Waals surface area contributed by atoms with Gasteiger partial charge in [0.1, 0.15) is 16.9 Å². The number of nitrogens with one attached hydrogen (secondary N) is 1. The molecule has 0 radical (unpaired) electrons. The van der Waals surface area contributed by atoms with Crippen molar-refractivity contribution in [1.82, 2.24) is 10.2 Å². The lowest BCUT2D eigenvalue weighted by Gasteiger charge is -2.51. The van der Waals surface area contributed by atoms with Gasteiger partial charge < -0.3 is 29.5 Å². The van der Waals surface area contributed by atoms with Gasteiger partial charge in [-0.3, -0.25) is 14.4 Å². The van der Waals surface area contributed by atoms with Gasteiger partial charge >= 0.3 is 17.9 Å². The summed E-state index contributed by atoms with van der Waals surface area (Å²) in [5, 5.41) is 16.0. The molecule has 4 saturated heterocycles. The average molecular weight is 527 g/mol. The Balaban J connectivity index is 1.53. The molecule has 1 aliphatic carbocycles. The average Bonchev–Trinajstić information content (AvgIpc) is 3.49. The Labute approximate surface area is 221 Å². The molecule has 4 aliphatic heterocycles. The lowest BCUT2D eigenvalue weighted by atomic mass is 9.52. The fourth-order valence-corrected chi connectivity index (χ4v) is 7.87. The Morgan fingerprint density at radius 3 is 2.47 bits per heavy atom. The zero-order valence-electron chi connectivity index (χ0n) is 21.9. The Hall–Kier alpha value is -2.98. The van der Waals surface area contributed by atoms with Gasteiger partial charge in [0, 0.05) is 13.0 Å². The Kier molecular flexibility index (Phi) is 5.50. The molecule has 0 aromatic heterocycles. The highest BCUT2D eigenvalue weighted by Gasteiger charge is 2.93. The maximum absolute atomic E-state index is 14.3. The summed E-state index contributed by atoms with van der Waals surface area (Å²) in [6.07, 6.45) is -2.51. The number of nitrogens with zero attached hydrogens (tertiary/aromatic N) is 1. The number of piperidine rings is 1. The van der Waals surface area contributed by atoms with Crippen LogP contribution in [-0.2, 0) is 28.6 Å². The van der Waals surface area contributed by atoms with Crippen LogP contribution in [0.25, 0.3) is 0 Å². The van der Waals surface area contributed by atoms with Crippen LogP contribution in [0.1, 0.15) is 56.8 Å². The second kappa shape index (κ2) is 8.26. The van der Waals surface area contributed by atoms with E-state index in [9.17, 15) is 24.3 Å². The van der Waals surface area contributed by atoms with Crippen molar-refractivity contribution in [2.75, 3.05) is 19.6 Å². The third-order valence-electron chi connectivity index (χ3n) is 9.72. The molecule has 5 aliphatic rings. The van der Waals surface area contributed by atoms with Gasteiger partial charge in [-0.1, -0.05) is 39.0 Å². The number of likely N-dealkylation sites (tertiary alicyclic amines) is 1. The molecular formula is C28H34N2O8. The van der Waals surface area contributed by atoms with Crippen molar-refractivity contribution in [2.45, 2.75) is 70.5 Å². The van der Waals surface area contributed by atoms with E-state index in [1.54, 1.807) is 30.3 Å². The zero-order valence-corrected chi connectivity index (χ0v) is 21.9. The van der Waals surface area contributed by atoms with E-state index in [4.69, 9.17) is 14.2 Å². The van der Waals surface area contributed by atoms with Gasteiger partial charge in [0.15, 0.2) is 12.3 Å². The molecule has 0 unspecified atom stereocenters. The van der Waals surface area contributed by atoms with Crippen LogP contribution in [0.15, 0.2) is 30.3 Å². The lowest BCUT2D eigenvalue weighted by Crippen LogP contribution is -2.66. The van der Waals surface area contributed by atoms with Crippen molar-refractivity contribution in [2.24, 2.45) is 22.2 Å². The lowest BCUT2D eigenvalue weighted by molar-refractivity contribution is -0.212. The van der Waals surface area contributed by atoms with Gasteiger partial charge in [0.25, 0.3) is 5.91 Å². The summed E-state index contributed by atoms with van der Waals surface area (Å²) < 4.78 is 17.7. The molecule has 1 aromatic rings. The molecule has 1 saturated carbocycles. The molecule has 10 heteroatoms. The molecular weight excluding hydrogens is 492 g/mol. The van der Waals surface area contributed by atoms with Crippen molar-refractivity contribution in [1.29, 1.82) is 0 Å². The molecule has 38 heavy (non-hydrogen) atoms. The summed E-state index contributed by atoms with van der Waals surface area (Å²) >= 11 is 0. The van der Waals surface area contributed by atoms with Crippen LogP contribution in [0.5, 0.6) is 0 Å². The highest BCUT2D eigenvalue weighted by atomic mass is 16.6. The van der Waals surface area contributed by atoms with Crippen molar-refractivity contribution in [3.05, 3.63) is 35.9 Å². The van der Waals surface area contributed by atoms with E-state index in [-0.39, 0.29) is 30.9 Å². The number of ether oxygens (including phenoxy) is 3. The number of rotatable bonds is 4. The summed E-state index contributed by atoms with van der Waals surface area (Å²) in [5.74, 6) is -2.42. The van der Waals surface area contributed by atoms with Crippen LogP contribution in [-0.4, -0.2) is 77.5 Å². The maximum Gasteiger partial charge on any atom is 0.338 e. The normalized spacial score (nSPS) is 38.5. The van der Waals surface area contributed by atoms with Crippen LogP contribution in [0.4, 0.5) is 0 Å². The molecule has 10 nitrogen and oxygen atoms in total. The van der Waals surface area contributed by atoms with E-state index >= 15 is 0 Å². The van der Waals surface area contributed by atoms with Crippen LogP contribution in [0, 0.1) is 22.2 Å². The molecule has 2 spiro atoms. The second-order valence-corrected chi connectivity index (χ2v) is 12.4. The monoisotopic (exact) mass is 526 g/mol. The van der Waals surface area contributed by atoms with E-state index in [0.717, 1.165) is 25.9 Å². The SMILES string of the molecule is CC(C)(C)[C@]1(O)C[C@@H]2OC(=O)C[C@@]23C(=O)O[C@@H]2N(CC4CCNCC4)C(=O)[C@H](OC(=O)c4ccccc4)[C@]213. The standard InChI is InChI=1S/C28H34N2O8/c1-25(2,3)27(35)13-18-26(14-19(31)36-18)24(34)38-23-28(26,27)20(37-22(33)17-7-5-4-6-8-17)21(32)30(23)15-16-9-11-29-12-10-16/h4-8,16,18,20,23,29,35H,9-15H2,1-3H3/t18-,20-,23-,26-,27+,28+/m0/s1.